The number of aliphatic hydroxyl groups excluding tert-OH is 2. The van der Waals surface area contributed by atoms with Crippen LogP contribution in [0.15, 0.2) is 23.5 Å². The van der Waals surface area contributed by atoms with Crippen LogP contribution < -0.4 is 0 Å². The molecule has 2 aliphatic rings. The van der Waals surface area contributed by atoms with Crippen molar-refractivity contribution in [1.82, 2.24) is 14.7 Å². The lowest BCUT2D eigenvalue weighted by molar-refractivity contribution is 0.102. The second kappa shape index (κ2) is 11.0. The van der Waals surface area contributed by atoms with Crippen LogP contribution in [-0.2, 0) is 4.74 Å². The number of rotatable bonds is 7. The Labute approximate surface area is 158 Å². The third-order valence-corrected chi connectivity index (χ3v) is 5.13. The molecule has 150 valence electrons. The molecule has 0 bridgehead atoms. The number of hydrogen-bond acceptors (Lipinski definition) is 6. The van der Waals surface area contributed by atoms with Crippen molar-refractivity contribution < 1.29 is 14.9 Å². The molecule has 6 heteroatoms. The van der Waals surface area contributed by atoms with E-state index in [1.807, 2.05) is 13.8 Å². The predicted octanol–water partition coefficient (Wildman–Crippen LogP) is 0.918. The molecular weight excluding hydrogens is 330 g/mol. The average Bonchev–Trinajstić information content (AvgIpc) is 2.68. The van der Waals surface area contributed by atoms with E-state index in [2.05, 4.69) is 26.9 Å². The fourth-order valence-electron chi connectivity index (χ4n) is 3.70. The minimum absolute atomic E-state index is 0.312. The summed E-state index contributed by atoms with van der Waals surface area (Å²) in [6.45, 7) is 11.9. The summed E-state index contributed by atoms with van der Waals surface area (Å²) in [4.78, 5) is 7.19. The lowest BCUT2D eigenvalue weighted by Gasteiger charge is -2.28. The molecule has 2 rings (SSSR count). The molecule has 0 aromatic heterocycles. The first-order valence-corrected chi connectivity index (χ1v) is 9.92. The number of methoxy groups -OCH3 is 1. The van der Waals surface area contributed by atoms with E-state index in [9.17, 15) is 10.2 Å². The lowest BCUT2D eigenvalue weighted by Crippen LogP contribution is -2.41. The van der Waals surface area contributed by atoms with E-state index < -0.39 is 0 Å². The Morgan fingerprint density at radius 3 is 1.73 bits per heavy atom. The van der Waals surface area contributed by atoms with Crippen LogP contribution >= 0.6 is 0 Å². The molecule has 1 heterocycles. The van der Waals surface area contributed by atoms with E-state index in [1.165, 1.54) is 5.57 Å². The van der Waals surface area contributed by atoms with Gasteiger partial charge in [-0.1, -0.05) is 11.6 Å². The highest BCUT2D eigenvalue weighted by Gasteiger charge is 2.19. The summed E-state index contributed by atoms with van der Waals surface area (Å²) in [5.41, 5.74) is 1.45. The highest BCUT2D eigenvalue weighted by Crippen LogP contribution is 2.19. The standard InChI is InChI=1S/C20H37N3O3/c1-17(24)14-21-8-9-22(15-18(2)25)11-13-23(12-10-21)16-19-4-6-20(26-3)7-5-19/h4,6,17-18,24-25H,5,7-16H2,1-3H3. The number of hydrogen-bond donors (Lipinski definition) is 2. The Bertz CT molecular complexity index is 455. The largest absolute Gasteiger partial charge is 0.501 e. The molecule has 0 aromatic carbocycles. The summed E-state index contributed by atoms with van der Waals surface area (Å²) < 4.78 is 5.33. The maximum Gasteiger partial charge on any atom is 0.0958 e. The van der Waals surface area contributed by atoms with Crippen molar-refractivity contribution in [2.75, 3.05) is 66.0 Å². The molecule has 2 unspecified atom stereocenters. The number of nitrogens with zero attached hydrogens (tertiary/aromatic N) is 3. The summed E-state index contributed by atoms with van der Waals surface area (Å²) in [7, 11) is 1.74. The first-order chi connectivity index (χ1) is 12.5. The molecule has 0 radical (unpaired) electrons. The fourth-order valence-corrected chi connectivity index (χ4v) is 3.70. The van der Waals surface area contributed by atoms with Crippen LogP contribution in [-0.4, -0.2) is 103 Å². The summed E-state index contributed by atoms with van der Waals surface area (Å²) in [6.07, 6.45) is 5.72. The van der Waals surface area contributed by atoms with Gasteiger partial charge in [0.15, 0.2) is 0 Å². The summed E-state index contributed by atoms with van der Waals surface area (Å²) >= 11 is 0. The van der Waals surface area contributed by atoms with Crippen LogP contribution in [0.5, 0.6) is 0 Å². The summed E-state index contributed by atoms with van der Waals surface area (Å²) in [5, 5.41) is 19.6. The van der Waals surface area contributed by atoms with E-state index in [4.69, 9.17) is 4.74 Å². The molecule has 1 aliphatic carbocycles. The Morgan fingerprint density at radius 2 is 1.35 bits per heavy atom. The highest BCUT2D eigenvalue weighted by atomic mass is 16.5. The molecule has 2 N–H and O–H groups in total. The molecule has 2 atom stereocenters. The molecule has 0 aromatic rings. The molecule has 1 fully saturated rings. The normalized spacial score (nSPS) is 24.0. The maximum atomic E-state index is 9.79. The van der Waals surface area contributed by atoms with Crippen molar-refractivity contribution in [2.45, 2.75) is 38.9 Å². The van der Waals surface area contributed by atoms with Gasteiger partial charge in [0.05, 0.1) is 25.1 Å². The SMILES string of the molecule is COC1=CC=C(CN2CCN(CC(C)O)CCN(CC(C)O)CC2)CC1. The Morgan fingerprint density at radius 1 is 0.846 bits per heavy atom. The first-order valence-electron chi connectivity index (χ1n) is 9.92. The maximum absolute atomic E-state index is 9.79. The zero-order valence-electron chi connectivity index (χ0n) is 16.7. The van der Waals surface area contributed by atoms with Crippen molar-refractivity contribution >= 4 is 0 Å². The number of aliphatic hydroxyl groups is 2. The highest BCUT2D eigenvalue weighted by molar-refractivity contribution is 5.22. The van der Waals surface area contributed by atoms with Gasteiger partial charge < -0.3 is 14.9 Å². The van der Waals surface area contributed by atoms with Gasteiger partial charge in [0.2, 0.25) is 0 Å². The first kappa shape index (κ1) is 21.4. The van der Waals surface area contributed by atoms with Gasteiger partial charge in [0.1, 0.15) is 0 Å². The summed E-state index contributed by atoms with van der Waals surface area (Å²) in [5.74, 6) is 1.06. The molecule has 26 heavy (non-hydrogen) atoms. The van der Waals surface area contributed by atoms with Crippen molar-refractivity contribution in [2.24, 2.45) is 0 Å². The van der Waals surface area contributed by atoms with Crippen LogP contribution in [0.4, 0.5) is 0 Å². The minimum atomic E-state index is -0.312. The molecule has 1 saturated heterocycles. The van der Waals surface area contributed by atoms with Crippen molar-refractivity contribution in [3.63, 3.8) is 0 Å². The van der Waals surface area contributed by atoms with Crippen molar-refractivity contribution in [1.29, 1.82) is 0 Å². The van der Waals surface area contributed by atoms with E-state index in [-0.39, 0.29) is 12.2 Å². The fraction of sp³-hybridized carbons (Fsp3) is 0.800. The van der Waals surface area contributed by atoms with E-state index in [1.54, 1.807) is 7.11 Å². The zero-order chi connectivity index (χ0) is 18.9. The predicted molar refractivity (Wildman–Crippen MR) is 105 cm³/mol. The van der Waals surface area contributed by atoms with E-state index in [0.717, 1.165) is 64.4 Å². The molecular formula is C20H37N3O3. The molecule has 1 aliphatic heterocycles. The van der Waals surface area contributed by atoms with E-state index in [0.29, 0.717) is 13.1 Å². The van der Waals surface area contributed by atoms with Crippen LogP contribution in [0.1, 0.15) is 26.7 Å². The van der Waals surface area contributed by atoms with Gasteiger partial charge in [-0.3, -0.25) is 14.7 Å². The van der Waals surface area contributed by atoms with Gasteiger partial charge in [-0.2, -0.15) is 0 Å². The average molecular weight is 368 g/mol. The van der Waals surface area contributed by atoms with Crippen LogP contribution in [0.3, 0.4) is 0 Å². The Hall–Kier alpha value is -0.920. The van der Waals surface area contributed by atoms with Crippen molar-refractivity contribution in [3.05, 3.63) is 23.5 Å². The third-order valence-electron chi connectivity index (χ3n) is 5.13. The quantitative estimate of drug-likeness (QED) is 0.698. The smallest absolute Gasteiger partial charge is 0.0958 e. The Balaban J connectivity index is 1.98. The molecule has 0 spiro atoms. The zero-order valence-corrected chi connectivity index (χ0v) is 16.7. The third kappa shape index (κ3) is 7.76. The second-order valence-electron chi connectivity index (χ2n) is 7.74. The lowest BCUT2D eigenvalue weighted by atomic mass is 10.0. The molecule has 0 amide bonds. The minimum Gasteiger partial charge on any atom is -0.501 e. The van der Waals surface area contributed by atoms with Gasteiger partial charge in [-0.25, -0.2) is 0 Å². The second-order valence-corrected chi connectivity index (χ2v) is 7.74. The Kier molecular flexibility index (Phi) is 9.08. The molecule has 0 saturated carbocycles. The number of ether oxygens (including phenoxy) is 1. The van der Waals surface area contributed by atoms with Gasteiger partial charge in [0, 0.05) is 65.3 Å². The topological polar surface area (TPSA) is 59.4 Å². The number of allylic oxidation sites excluding steroid dienone is 3. The van der Waals surface area contributed by atoms with Gasteiger partial charge in [0.25, 0.3) is 0 Å². The van der Waals surface area contributed by atoms with Gasteiger partial charge in [-0.05, 0) is 26.3 Å². The van der Waals surface area contributed by atoms with Crippen LogP contribution in [0, 0.1) is 0 Å². The van der Waals surface area contributed by atoms with E-state index >= 15 is 0 Å². The van der Waals surface area contributed by atoms with Gasteiger partial charge in [-0.15, -0.1) is 0 Å². The van der Waals surface area contributed by atoms with Crippen LogP contribution in [0.25, 0.3) is 0 Å². The summed E-state index contributed by atoms with van der Waals surface area (Å²) in [6, 6.07) is 0. The number of β-amino-alcohol motifs (C(OH)–C–C–N with tert-alkyl or cyclic N) is 2. The van der Waals surface area contributed by atoms with Gasteiger partial charge >= 0.3 is 0 Å². The molecule has 6 nitrogen and oxygen atoms in total. The van der Waals surface area contributed by atoms with Crippen molar-refractivity contribution in [3.8, 4) is 0 Å². The monoisotopic (exact) mass is 367 g/mol. The van der Waals surface area contributed by atoms with Crippen LogP contribution in [0.2, 0.25) is 0 Å².